The first-order valence-electron chi connectivity index (χ1n) is 5.32. The van der Waals surface area contributed by atoms with E-state index in [1.807, 2.05) is 6.07 Å². The molecule has 15 heavy (non-hydrogen) atoms. The zero-order valence-corrected chi connectivity index (χ0v) is 8.90. The second kappa shape index (κ2) is 4.06. The molecule has 0 aliphatic carbocycles. The highest BCUT2D eigenvalue weighted by atomic mass is 16.4. The number of carbonyl (C=O) groups excluding carboxylic acids is 1. The molecule has 4 nitrogen and oxygen atoms in total. The maximum absolute atomic E-state index is 10.9. The van der Waals surface area contributed by atoms with E-state index < -0.39 is 5.91 Å². The molecule has 2 N–H and O–H groups in total. The molecule has 0 spiro atoms. The fourth-order valence-corrected chi connectivity index (χ4v) is 2.02. The van der Waals surface area contributed by atoms with Gasteiger partial charge in [-0.1, -0.05) is 0 Å². The minimum absolute atomic E-state index is 0.237. The second-order valence-corrected chi connectivity index (χ2v) is 3.99. The number of nitrogens with two attached hydrogens (primary N) is 1. The quantitative estimate of drug-likeness (QED) is 0.819. The van der Waals surface area contributed by atoms with Gasteiger partial charge in [-0.15, -0.1) is 0 Å². The molecule has 1 aliphatic rings. The minimum Gasteiger partial charge on any atom is -0.454 e. The Kier molecular flexibility index (Phi) is 2.77. The van der Waals surface area contributed by atoms with E-state index in [0.717, 1.165) is 18.8 Å². The Morgan fingerprint density at radius 3 is 2.67 bits per heavy atom. The summed E-state index contributed by atoms with van der Waals surface area (Å²) in [6.07, 6.45) is 2.49. The average molecular weight is 208 g/mol. The van der Waals surface area contributed by atoms with Crippen LogP contribution in [0.1, 0.15) is 42.1 Å². The van der Waals surface area contributed by atoms with Gasteiger partial charge in [0.25, 0.3) is 5.91 Å². The minimum atomic E-state index is -0.505. The first-order valence-corrected chi connectivity index (χ1v) is 5.32. The lowest BCUT2D eigenvalue weighted by atomic mass is 10.2. The van der Waals surface area contributed by atoms with Crippen molar-refractivity contribution in [3.8, 4) is 0 Å². The molecule has 2 heterocycles. The molecule has 0 radical (unpaired) electrons. The molecule has 1 saturated heterocycles. The predicted octanol–water partition coefficient (Wildman–Crippen LogP) is 1.54. The van der Waals surface area contributed by atoms with Gasteiger partial charge in [-0.2, -0.15) is 0 Å². The largest absolute Gasteiger partial charge is 0.454 e. The van der Waals surface area contributed by atoms with Gasteiger partial charge in [-0.3, -0.25) is 9.69 Å². The number of likely N-dealkylation sites (tertiary alicyclic amines) is 1. The van der Waals surface area contributed by atoms with Crippen LogP contribution in [0.2, 0.25) is 0 Å². The van der Waals surface area contributed by atoms with E-state index in [1.165, 1.54) is 12.8 Å². The summed E-state index contributed by atoms with van der Waals surface area (Å²) in [6.45, 7) is 4.30. The number of amides is 1. The highest BCUT2D eigenvalue weighted by Gasteiger charge is 2.22. The van der Waals surface area contributed by atoms with Crippen molar-refractivity contribution in [1.82, 2.24) is 4.90 Å². The van der Waals surface area contributed by atoms with Crippen molar-refractivity contribution < 1.29 is 9.21 Å². The summed E-state index contributed by atoms with van der Waals surface area (Å²) in [6, 6.07) is 3.72. The fraction of sp³-hybridized carbons (Fsp3) is 0.545. The lowest BCUT2D eigenvalue weighted by Gasteiger charge is -2.21. The van der Waals surface area contributed by atoms with E-state index in [9.17, 15) is 4.79 Å². The molecule has 1 unspecified atom stereocenters. The molecule has 0 aromatic carbocycles. The monoisotopic (exact) mass is 208 g/mol. The normalized spacial score (nSPS) is 19.3. The van der Waals surface area contributed by atoms with Gasteiger partial charge >= 0.3 is 0 Å². The number of primary amides is 1. The standard InChI is InChI=1S/C11H16N2O2/c1-8(13-6-2-3-7-13)9-4-5-10(15-9)11(12)14/h4-5,8H,2-3,6-7H2,1H3,(H2,12,14). The molecule has 1 aromatic heterocycles. The summed E-state index contributed by atoms with van der Waals surface area (Å²) in [5.41, 5.74) is 5.13. The summed E-state index contributed by atoms with van der Waals surface area (Å²) < 4.78 is 5.40. The Morgan fingerprint density at radius 1 is 1.47 bits per heavy atom. The highest BCUT2D eigenvalue weighted by molar-refractivity contribution is 5.89. The highest BCUT2D eigenvalue weighted by Crippen LogP contribution is 2.25. The van der Waals surface area contributed by atoms with Crippen LogP contribution in [0.5, 0.6) is 0 Å². The smallest absolute Gasteiger partial charge is 0.284 e. The zero-order valence-electron chi connectivity index (χ0n) is 8.90. The number of hydrogen-bond acceptors (Lipinski definition) is 3. The molecule has 82 valence electrons. The summed E-state index contributed by atoms with van der Waals surface area (Å²) in [7, 11) is 0. The van der Waals surface area contributed by atoms with Crippen molar-refractivity contribution in [2.45, 2.75) is 25.8 Å². The topological polar surface area (TPSA) is 59.5 Å². The molecule has 1 aromatic rings. The molecule has 1 aliphatic heterocycles. The number of furan rings is 1. The third-order valence-electron chi connectivity index (χ3n) is 2.97. The maximum atomic E-state index is 10.9. The van der Waals surface area contributed by atoms with E-state index in [4.69, 9.17) is 10.2 Å². The van der Waals surface area contributed by atoms with Crippen LogP contribution in [0.25, 0.3) is 0 Å². The van der Waals surface area contributed by atoms with E-state index in [1.54, 1.807) is 6.07 Å². The SMILES string of the molecule is CC(c1ccc(C(N)=O)o1)N1CCCC1. The van der Waals surface area contributed by atoms with Crippen molar-refractivity contribution in [1.29, 1.82) is 0 Å². The molecular weight excluding hydrogens is 192 g/mol. The van der Waals surface area contributed by atoms with Crippen LogP contribution < -0.4 is 5.73 Å². The first kappa shape index (κ1) is 10.2. The molecule has 4 heteroatoms. The average Bonchev–Trinajstić information content (AvgIpc) is 2.88. The van der Waals surface area contributed by atoms with Gasteiger partial charge in [-0.25, -0.2) is 0 Å². The Hall–Kier alpha value is -1.29. The Balaban J connectivity index is 2.10. The van der Waals surface area contributed by atoms with Crippen molar-refractivity contribution in [3.63, 3.8) is 0 Å². The van der Waals surface area contributed by atoms with Crippen molar-refractivity contribution >= 4 is 5.91 Å². The Labute approximate surface area is 89.0 Å². The number of hydrogen-bond donors (Lipinski definition) is 1. The van der Waals surface area contributed by atoms with Gasteiger partial charge < -0.3 is 10.2 Å². The number of nitrogens with zero attached hydrogens (tertiary/aromatic N) is 1. The third kappa shape index (κ3) is 2.04. The van der Waals surface area contributed by atoms with E-state index in [0.29, 0.717) is 0 Å². The van der Waals surface area contributed by atoms with Gasteiger partial charge in [0.05, 0.1) is 6.04 Å². The molecule has 1 atom stereocenters. The van der Waals surface area contributed by atoms with E-state index in [2.05, 4.69) is 11.8 Å². The van der Waals surface area contributed by atoms with Gasteiger partial charge in [0.15, 0.2) is 5.76 Å². The summed E-state index contributed by atoms with van der Waals surface area (Å²) in [5.74, 6) is 0.566. The van der Waals surface area contributed by atoms with Gasteiger partial charge in [-0.05, 0) is 45.0 Å². The van der Waals surface area contributed by atoms with Crippen LogP contribution in [0.15, 0.2) is 16.5 Å². The van der Waals surface area contributed by atoms with Gasteiger partial charge in [0.1, 0.15) is 5.76 Å². The van der Waals surface area contributed by atoms with Gasteiger partial charge in [0.2, 0.25) is 0 Å². The molecule has 0 saturated carbocycles. The zero-order chi connectivity index (χ0) is 10.8. The fourth-order valence-electron chi connectivity index (χ4n) is 2.02. The van der Waals surface area contributed by atoms with Crippen LogP contribution >= 0.6 is 0 Å². The lowest BCUT2D eigenvalue weighted by Crippen LogP contribution is -2.22. The van der Waals surface area contributed by atoms with Crippen molar-refractivity contribution in [2.75, 3.05) is 13.1 Å². The third-order valence-corrected chi connectivity index (χ3v) is 2.97. The maximum Gasteiger partial charge on any atom is 0.284 e. The molecule has 0 bridgehead atoms. The Morgan fingerprint density at radius 2 is 2.13 bits per heavy atom. The van der Waals surface area contributed by atoms with Gasteiger partial charge in [0, 0.05) is 0 Å². The summed E-state index contributed by atoms with van der Waals surface area (Å²) in [4.78, 5) is 13.2. The second-order valence-electron chi connectivity index (χ2n) is 3.99. The molecule has 1 amide bonds. The Bertz CT molecular complexity index is 353. The predicted molar refractivity (Wildman–Crippen MR) is 56.4 cm³/mol. The van der Waals surface area contributed by atoms with E-state index in [-0.39, 0.29) is 11.8 Å². The lowest BCUT2D eigenvalue weighted by molar-refractivity contribution is 0.0968. The van der Waals surface area contributed by atoms with Crippen LogP contribution in [0, 0.1) is 0 Å². The molecular formula is C11H16N2O2. The van der Waals surface area contributed by atoms with Crippen LogP contribution in [0.3, 0.4) is 0 Å². The number of rotatable bonds is 3. The van der Waals surface area contributed by atoms with Crippen LogP contribution in [-0.2, 0) is 0 Å². The first-order chi connectivity index (χ1) is 7.18. The van der Waals surface area contributed by atoms with Crippen molar-refractivity contribution in [2.24, 2.45) is 5.73 Å². The number of carbonyl (C=O) groups is 1. The van der Waals surface area contributed by atoms with E-state index >= 15 is 0 Å². The molecule has 1 fully saturated rings. The molecule has 2 rings (SSSR count). The summed E-state index contributed by atoms with van der Waals surface area (Å²) in [5, 5.41) is 0. The van der Waals surface area contributed by atoms with Crippen LogP contribution in [-0.4, -0.2) is 23.9 Å². The van der Waals surface area contributed by atoms with Crippen LogP contribution in [0.4, 0.5) is 0 Å². The summed E-state index contributed by atoms with van der Waals surface area (Å²) >= 11 is 0. The van der Waals surface area contributed by atoms with Crippen molar-refractivity contribution in [3.05, 3.63) is 23.7 Å².